The summed E-state index contributed by atoms with van der Waals surface area (Å²) in [6.07, 6.45) is 4.36. The number of rotatable bonds is 5. The summed E-state index contributed by atoms with van der Waals surface area (Å²) in [5.41, 5.74) is 5.72. The van der Waals surface area contributed by atoms with Gasteiger partial charge in [0.05, 0.1) is 5.69 Å². The number of benzene rings is 1. The quantitative estimate of drug-likeness (QED) is 0.833. The molecule has 1 fully saturated rings. The van der Waals surface area contributed by atoms with E-state index in [1.165, 1.54) is 6.07 Å². The molecule has 0 heterocycles. The summed E-state index contributed by atoms with van der Waals surface area (Å²) in [5.74, 6) is -1.40. The van der Waals surface area contributed by atoms with Gasteiger partial charge in [-0.15, -0.1) is 0 Å². The molecule has 21 heavy (non-hydrogen) atoms. The van der Waals surface area contributed by atoms with Crippen LogP contribution in [-0.4, -0.2) is 17.6 Å². The lowest BCUT2D eigenvalue weighted by molar-refractivity contribution is 0.484. The maximum atomic E-state index is 14.4. The summed E-state index contributed by atoms with van der Waals surface area (Å²) in [5, 5.41) is 0. The molecule has 2 N–H and O–H groups in total. The largest absolute Gasteiger partial charge is 0.389 e. The van der Waals surface area contributed by atoms with E-state index in [9.17, 15) is 8.78 Å². The number of halogens is 2. The number of nitrogens with zero attached hydrogens (tertiary/aromatic N) is 1. The Morgan fingerprint density at radius 3 is 2.43 bits per heavy atom. The highest BCUT2D eigenvalue weighted by Crippen LogP contribution is 2.32. The van der Waals surface area contributed by atoms with Crippen molar-refractivity contribution in [1.82, 2.24) is 0 Å². The first-order valence-corrected chi connectivity index (χ1v) is 7.87. The van der Waals surface area contributed by atoms with Crippen molar-refractivity contribution in [2.45, 2.75) is 45.6 Å². The second-order valence-electron chi connectivity index (χ2n) is 6.11. The number of hydrogen-bond donors (Lipinski definition) is 1. The van der Waals surface area contributed by atoms with Crippen molar-refractivity contribution in [2.24, 2.45) is 11.7 Å². The molecule has 0 unspecified atom stereocenters. The van der Waals surface area contributed by atoms with Crippen molar-refractivity contribution in [2.75, 3.05) is 11.4 Å². The minimum Gasteiger partial charge on any atom is -0.389 e. The Kier molecular flexibility index (Phi) is 5.14. The Bertz CT molecular complexity index is 525. The zero-order valence-electron chi connectivity index (χ0n) is 12.5. The summed E-state index contributed by atoms with van der Waals surface area (Å²) in [6, 6.07) is 3.38. The van der Waals surface area contributed by atoms with E-state index in [0.717, 1.165) is 25.7 Å². The van der Waals surface area contributed by atoms with E-state index < -0.39 is 11.6 Å². The third-order valence-corrected chi connectivity index (χ3v) is 4.18. The third kappa shape index (κ3) is 3.51. The Hall–Kier alpha value is -1.23. The van der Waals surface area contributed by atoms with Gasteiger partial charge >= 0.3 is 0 Å². The van der Waals surface area contributed by atoms with Gasteiger partial charge in [0.2, 0.25) is 0 Å². The van der Waals surface area contributed by atoms with Gasteiger partial charge in [-0.3, -0.25) is 0 Å². The second-order valence-corrected chi connectivity index (χ2v) is 6.55. The zero-order chi connectivity index (χ0) is 15.6. The van der Waals surface area contributed by atoms with Crippen LogP contribution in [0.2, 0.25) is 0 Å². The van der Waals surface area contributed by atoms with E-state index in [0.29, 0.717) is 18.2 Å². The van der Waals surface area contributed by atoms with Crippen molar-refractivity contribution in [3.8, 4) is 0 Å². The third-order valence-electron chi connectivity index (χ3n) is 3.96. The fourth-order valence-corrected chi connectivity index (χ4v) is 3.16. The minimum atomic E-state index is -0.938. The first-order valence-electron chi connectivity index (χ1n) is 7.46. The summed E-state index contributed by atoms with van der Waals surface area (Å²) in [4.78, 5) is 1.90. The molecule has 1 saturated carbocycles. The van der Waals surface area contributed by atoms with Gasteiger partial charge in [-0.2, -0.15) is 0 Å². The maximum absolute atomic E-state index is 14.4. The van der Waals surface area contributed by atoms with Crippen LogP contribution in [0.15, 0.2) is 12.1 Å². The molecule has 0 aromatic heterocycles. The Labute approximate surface area is 130 Å². The van der Waals surface area contributed by atoms with E-state index in [1.807, 2.05) is 4.90 Å². The van der Waals surface area contributed by atoms with Crippen LogP contribution >= 0.6 is 12.2 Å². The van der Waals surface area contributed by atoms with Crippen molar-refractivity contribution in [1.29, 1.82) is 0 Å². The van der Waals surface area contributed by atoms with Gasteiger partial charge in [-0.05, 0) is 30.9 Å². The summed E-state index contributed by atoms with van der Waals surface area (Å²) in [7, 11) is 0. The van der Waals surface area contributed by atoms with Crippen molar-refractivity contribution in [3.05, 3.63) is 29.3 Å². The highest BCUT2D eigenvalue weighted by atomic mass is 32.1. The summed E-state index contributed by atoms with van der Waals surface area (Å²) < 4.78 is 28.6. The van der Waals surface area contributed by atoms with Crippen LogP contribution in [0.25, 0.3) is 0 Å². The molecule has 0 bridgehead atoms. The van der Waals surface area contributed by atoms with Crippen molar-refractivity contribution in [3.63, 3.8) is 0 Å². The van der Waals surface area contributed by atoms with Gasteiger partial charge in [0, 0.05) is 18.2 Å². The van der Waals surface area contributed by atoms with E-state index in [1.54, 1.807) is 6.07 Å². The van der Waals surface area contributed by atoms with Crippen molar-refractivity contribution < 1.29 is 8.78 Å². The van der Waals surface area contributed by atoms with Gasteiger partial charge in [0.25, 0.3) is 0 Å². The van der Waals surface area contributed by atoms with E-state index in [4.69, 9.17) is 18.0 Å². The number of anilines is 1. The molecule has 1 aromatic carbocycles. The molecule has 1 aromatic rings. The molecule has 0 aliphatic heterocycles. The van der Waals surface area contributed by atoms with Gasteiger partial charge in [-0.1, -0.05) is 38.9 Å². The van der Waals surface area contributed by atoms with E-state index in [2.05, 4.69) is 13.8 Å². The van der Waals surface area contributed by atoms with Crippen LogP contribution in [0.4, 0.5) is 14.5 Å². The number of thiocarbonyl (C=S) groups is 1. The Morgan fingerprint density at radius 1 is 1.29 bits per heavy atom. The normalized spacial score (nSPS) is 15.7. The minimum absolute atomic E-state index is 0.0258. The molecule has 0 atom stereocenters. The van der Waals surface area contributed by atoms with Gasteiger partial charge in [0.15, 0.2) is 11.6 Å². The number of nitrogens with two attached hydrogens (primary N) is 1. The molecule has 116 valence electrons. The highest BCUT2D eigenvalue weighted by molar-refractivity contribution is 7.80. The first-order chi connectivity index (χ1) is 9.91. The predicted octanol–water partition coefficient (Wildman–Crippen LogP) is 4.00. The van der Waals surface area contributed by atoms with Gasteiger partial charge in [-0.25, -0.2) is 8.78 Å². The van der Waals surface area contributed by atoms with Gasteiger partial charge < -0.3 is 10.6 Å². The molecular weight excluding hydrogens is 290 g/mol. The molecule has 1 aliphatic rings. The smallest absolute Gasteiger partial charge is 0.182 e. The molecule has 0 amide bonds. The molecule has 0 radical (unpaired) electrons. The lowest BCUT2D eigenvalue weighted by Crippen LogP contribution is -2.37. The molecule has 2 nitrogen and oxygen atoms in total. The molecule has 0 spiro atoms. The number of hydrogen-bond acceptors (Lipinski definition) is 2. The molecule has 1 aliphatic carbocycles. The second kappa shape index (κ2) is 6.69. The fraction of sp³-hybridized carbons (Fsp3) is 0.562. The molecular formula is C16H22F2N2S. The maximum Gasteiger partial charge on any atom is 0.182 e. The Balaban J connectivity index is 2.39. The van der Waals surface area contributed by atoms with Crippen LogP contribution in [0.5, 0.6) is 0 Å². The van der Waals surface area contributed by atoms with E-state index >= 15 is 0 Å². The van der Waals surface area contributed by atoms with Gasteiger partial charge in [0.1, 0.15) is 4.99 Å². The molecule has 0 saturated heterocycles. The lowest BCUT2D eigenvalue weighted by atomic mass is 10.1. The highest BCUT2D eigenvalue weighted by Gasteiger charge is 2.27. The molecule has 5 heteroatoms. The van der Waals surface area contributed by atoms with Crippen LogP contribution < -0.4 is 10.6 Å². The van der Waals surface area contributed by atoms with Crippen LogP contribution in [0.1, 0.15) is 45.1 Å². The van der Waals surface area contributed by atoms with Crippen LogP contribution in [0, 0.1) is 17.6 Å². The lowest BCUT2D eigenvalue weighted by Gasteiger charge is -2.33. The van der Waals surface area contributed by atoms with Crippen LogP contribution in [0.3, 0.4) is 0 Å². The van der Waals surface area contributed by atoms with E-state index in [-0.39, 0.29) is 16.6 Å². The fourth-order valence-electron chi connectivity index (χ4n) is 3.00. The topological polar surface area (TPSA) is 29.3 Å². The predicted molar refractivity (Wildman–Crippen MR) is 86.7 cm³/mol. The monoisotopic (exact) mass is 312 g/mol. The van der Waals surface area contributed by atoms with Crippen molar-refractivity contribution >= 4 is 22.9 Å². The SMILES string of the molecule is CC(C)CN(c1ccc(C(N)=S)c(F)c1F)C1CCCC1. The average molecular weight is 312 g/mol. The summed E-state index contributed by atoms with van der Waals surface area (Å²) in [6.45, 7) is 4.88. The van der Waals surface area contributed by atoms with Crippen LogP contribution in [-0.2, 0) is 0 Å². The Morgan fingerprint density at radius 2 is 1.90 bits per heavy atom. The summed E-state index contributed by atoms with van der Waals surface area (Å²) >= 11 is 4.75. The molecule has 2 rings (SSSR count). The first kappa shape index (κ1) is 16.1. The average Bonchev–Trinajstić information content (AvgIpc) is 2.92. The standard InChI is InChI=1S/C16H22F2N2S/c1-10(2)9-20(11-5-3-4-6-11)13-8-7-12(16(19)21)14(17)15(13)18/h7-8,10-11H,3-6,9H2,1-2H3,(H2,19,21). The zero-order valence-corrected chi connectivity index (χ0v) is 13.4.